The number of hydrogen-bond donors (Lipinski definition) is 0. The van der Waals surface area contributed by atoms with E-state index in [0.29, 0.717) is 32.7 Å². The first-order chi connectivity index (χ1) is 12.8. The molecule has 2 aliphatic heterocycles. The van der Waals surface area contributed by atoms with Crippen LogP contribution in [0, 0.1) is 10.8 Å². The molecule has 6 heteroatoms. The maximum atomic E-state index is 12.5. The van der Waals surface area contributed by atoms with Gasteiger partial charge >= 0.3 is 6.09 Å². The van der Waals surface area contributed by atoms with Gasteiger partial charge in [0.1, 0.15) is 0 Å². The Labute approximate surface area is 161 Å². The number of pyridine rings is 1. The molecule has 1 aromatic heterocycles. The number of aromatic nitrogens is 1. The molecule has 2 fully saturated rings. The second-order valence-electron chi connectivity index (χ2n) is 9.25. The fraction of sp³-hybridized carbons (Fsp3) is 0.667. The summed E-state index contributed by atoms with van der Waals surface area (Å²) in [5.41, 5.74) is 0.982. The average molecular weight is 373 g/mol. The number of ether oxygens (including phenoxy) is 1. The molecule has 0 aliphatic carbocycles. The van der Waals surface area contributed by atoms with Crippen molar-refractivity contribution < 1.29 is 14.3 Å². The Hall–Kier alpha value is -2.11. The maximum Gasteiger partial charge on any atom is 0.409 e. The summed E-state index contributed by atoms with van der Waals surface area (Å²) < 4.78 is 5.52. The maximum absolute atomic E-state index is 12.5. The Morgan fingerprint density at radius 2 is 2.11 bits per heavy atom. The topological polar surface area (TPSA) is 62.7 Å². The van der Waals surface area contributed by atoms with Crippen molar-refractivity contribution >= 4 is 12.0 Å². The summed E-state index contributed by atoms with van der Waals surface area (Å²) in [7, 11) is 0. The highest BCUT2D eigenvalue weighted by Gasteiger charge is 2.43. The summed E-state index contributed by atoms with van der Waals surface area (Å²) in [5.74, 6) is 0.192. The molecule has 3 heterocycles. The summed E-state index contributed by atoms with van der Waals surface area (Å²) in [6.45, 7) is 9.28. The Balaban J connectivity index is 1.64. The van der Waals surface area contributed by atoms with Crippen LogP contribution in [0.25, 0.3) is 0 Å². The van der Waals surface area contributed by atoms with Gasteiger partial charge in [-0.05, 0) is 36.3 Å². The Morgan fingerprint density at radius 3 is 2.81 bits per heavy atom. The number of carbonyl (C=O) groups excluding carboxylic acids is 2. The molecule has 2 amide bonds. The van der Waals surface area contributed by atoms with E-state index in [0.717, 1.165) is 31.4 Å². The van der Waals surface area contributed by atoms with Crippen molar-refractivity contribution in [2.75, 3.05) is 26.2 Å². The van der Waals surface area contributed by atoms with Crippen molar-refractivity contribution in [1.29, 1.82) is 0 Å². The smallest absolute Gasteiger partial charge is 0.409 e. The summed E-state index contributed by atoms with van der Waals surface area (Å²) in [4.78, 5) is 32.9. The lowest BCUT2D eigenvalue weighted by atomic mass is 9.73. The summed E-state index contributed by atoms with van der Waals surface area (Å²) in [5, 5.41) is 0. The van der Waals surface area contributed by atoms with Crippen LogP contribution >= 0.6 is 0 Å². The minimum atomic E-state index is -0.222. The lowest BCUT2D eigenvalue weighted by molar-refractivity contribution is -0.139. The molecule has 2 aliphatic rings. The van der Waals surface area contributed by atoms with Crippen LogP contribution in [0.2, 0.25) is 0 Å². The van der Waals surface area contributed by atoms with Crippen LogP contribution in [-0.2, 0) is 16.1 Å². The largest absolute Gasteiger partial charge is 0.449 e. The van der Waals surface area contributed by atoms with Gasteiger partial charge in [0.2, 0.25) is 5.91 Å². The zero-order valence-corrected chi connectivity index (χ0v) is 16.7. The molecule has 1 aromatic rings. The highest BCUT2D eigenvalue weighted by Crippen LogP contribution is 2.39. The molecule has 3 rings (SSSR count). The zero-order chi connectivity index (χ0) is 19.5. The number of carbonyl (C=O) groups is 2. The van der Waals surface area contributed by atoms with E-state index in [1.54, 1.807) is 6.20 Å². The highest BCUT2D eigenvalue weighted by molar-refractivity contribution is 5.77. The van der Waals surface area contributed by atoms with E-state index in [2.05, 4.69) is 25.8 Å². The number of amides is 2. The van der Waals surface area contributed by atoms with Crippen LogP contribution in [0.3, 0.4) is 0 Å². The molecule has 6 nitrogen and oxygen atoms in total. The van der Waals surface area contributed by atoms with E-state index in [4.69, 9.17) is 4.74 Å². The molecule has 27 heavy (non-hydrogen) atoms. The van der Waals surface area contributed by atoms with E-state index < -0.39 is 0 Å². The molecule has 0 radical (unpaired) electrons. The van der Waals surface area contributed by atoms with Crippen LogP contribution in [0.1, 0.15) is 52.0 Å². The lowest BCUT2D eigenvalue weighted by Crippen LogP contribution is -2.55. The minimum absolute atomic E-state index is 0.0187. The van der Waals surface area contributed by atoms with E-state index in [1.165, 1.54) is 0 Å². The van der Waals surface area contributed by atoms with Gasteiger partial charge in [0.05, 0.1) is 6.61 Å². The molecule has 1 atom stereocenters. The Kier molecular flexibility index (Phi) is 5.72. The van der Waals surface area contributed by atoms with Gasteiger partial charge in [-0.25, -0.2) is 4.79 Å². The first kappa shape index (κ1) is 19.6. The van der Waals surface area contributed by atoms with Crippen LogP contribution < -0.4 is 0 Å². The fourth-order valence-electron chi connectivity index (χ4n) is 4.02. The molecule has 0 aromatic carbocycles. The highest BCUT2D eigenvalue weighted by atomic mass is 16.6. The second kappa shape index (κ2) is 7.87. The van der Waals surface area contributed by atoms with Crippen LogP contribution in [-0.4, -0.2) is 53.0 Å². The first-order valence-electron chi connectivity index (χ1n) is 9.85. The standard InChI is InChI=1S/C21H31N3O3/c1-20(2,3)16-27-19(26)23-11-5-8-21(14-23)9-7-18(25)24(15-21)13-17-6-4-10-22-12-17/h4,6,10,12H,5,7-9,11,13-16H2,1-3H3/t21-/m0/s1. The quantitative estimate of drug-likeness (QED) is 0.814. The van der Waals surface area contributed by atoms with Crippen molar-refractivity contribution in [2.24, 2.45) is 10.8 Å². The van der Waals surface area contributed by atoms with Gasteiger partial charge in [-0.1, -0.05) is 26.8 Å². The SMILES string of the molecule is CC(C)(C)COC(=O)N1CCC[C@]2(CCC(=O)N(Cc3cccnc3)C2)C1. The zero-order valence-electron chi connectivity index (χ0n) is 16.7. The third-order valence-corrected chi connectivity index (χ3v) is 5.39. The van der Waals surface area contributed by atoms with E-state index in [1.807, 2.05) is 28.1 Å². The van der Waals surface area contributed by atoms with Gasteiger partial charge in [0.15, 0.2) is 0 Å². The Bertz CT molecular complexity index is 671. The Morgan fingerprint density at radius 1 is 1.30 bits per heavy atom. The average Bonchev–Trinajstić information content (AvgIpc) is 2.63. The van der Waals surface area contributed by atoms with Gasteiger partial charge in [-0.3, -0.25) is 9.78 Å². The lowest BCUT2D eigenvalue weighted by Gasteiger charge is -2.48. The van der Waals surface area contributed by atoms with Crippen molar-refractivity contribution in [3.05, 3.63) is 30.1 Å². The van der Waals surface area contributed by atoms with E-state index >= 15 is 0 Å². The van der Waals surface area contributed by atoms with Crippen molar-refractivity contribution in [1.82, 2.24) is 14.8 Å². The molecular formula is C21H31N3O3. The van der Waals surface area contributed by atoms with Crippen LogP contribution in [0.5, 0.6) is 0 Å². The fourth-order valence-corrected chi connectivity index (χ4v) is 4.02. The number of rotatable bonds is 3. The van der Waals surface area contributed by atoms with Crippen LogP contribution in [0.4, 0.5) is 4.79 Å². The van der Waals surface area contributed by atoms with Crippen molar-refractivity contribution in [3.8, 4) is 0 Å². The number of nitrogens with zero attached hydrogens (tertiary/aromatic N) is 3. The van der Waals surface area contributed by atoms with Gasteiger partial charge in [-0.2, -0.15) is 0 Å². The third kappa shape index (κ3) is 5.21. The first-order valence-corrected chi connectivity index (χ1v) is 9.85. The molecule has 0 bridgehead atoms. The monoisotopic (exact) mass is 373 g/mol. The van der Waals surface area contributed by atoms with Gasteiger partial charge in [0.25, 0.3) is 0 Å². The van der Waals surface area contributed by atoms with Crippen LogP contribution in [0.15, 0.2) is 24.5 Å². The van der Waals surface area contributed by atoms with E-state index in [9.17, 15) is 9.59 Å². The summed E-state index contributed by atoms with van der Waals surface area (Å²) in [6, 6.07) is 3.89. The van der Waals surface area contributed by atoms with E-state index in [-0.39, 0.29) is 22.8 Å². The molecule has 0 unspecified atom stereocenters. The van der Waals surface area contributed by atoms with Gasteiger partial charge < -0.3 is 14.5 Å². The predicted octanol–water partition coefficient (Wildman–Crippen LogP) is 3.47. The summed E-state index contributed by atoms with van der Waals surface area (Å²) in [6.07, 6.45) is 6.73. The van der Waals surface area contributed by atoms with Crippen molar-refractivity contribution in [3.63, 3.8) is 0 Å². The predicted molar refractivity (Wildman–Crippen MR) is 103 cm³/mol. The van der Waals surface area contributed by atoms with Crippen molar-refractivity contribution in [2.45, 2.75) is 53.0 Å². The van der Waals surface area contributed by atoms with Gasteiger partial charge in [0, 0.05) is 50.4 Å². The molecule has 0 saturated carbocycles. The number of hydrogen-bond acceptors (Lipinski definition) is 4. The molecule has 0 N–H and O–H groups in total. The summed E-state index contributed by atoms with van der Waals surface area (Å²) >= 11 is 0. The van der Waals surface area contributed by atoms with Gasteiger partial charge in [-0.15, -0.1) is 0 Å². The second-order valence-corrected chi connectivity index (χ2v) is 9.25. The third-order valence-electron chi connectivity index (χ3n) is 5.39. The molecular weight excluding hydrogens is 342 g/mol. The minimum Gasteiger partial charge on any atom is -0.449 e. The normalized spacial score (nSPS) is 23.6. The molecule has 1 spiro atoms. The number of piperidine rings is 2. The number of likely N-dealkylation sites (tertiary alicyclic amines) is 2. The molecule has 2 saturated heterocycles. The molecule has 148 valence electrons.